The topological polar surface area (TPSA) is 49.1 Å². The van der Waals surface area contributed by atoms with Crippen molar-refractivity contribution in [1.29, 1.82) is 0 Å². The summed E-state index contributed by atoms with van der Waals surface area (Å²) in [5, 5.41) is 7.99. The van der Waals surface area contributed by atoms with Gasteiger partial charge in [-0.3, -0.25) is 10.2 Å². The zero-order valence-corrected chi connectivity index (χ0v) is 29.7. The van der Waals surface area contributed by atoms with Crippen LogP contribution in [-0.4, -0.2) is 51.0 Å². The van der Waals surface area contributed by atoms with E-state index < -0.39 is 33.5 Å². The summed E-state index contributed by atoms with van der Waals surface area (Å²) in [5.74, 6) is 0. The van der Waals surface area contributed by atoms with Crippen LogP contribution in [0.5, 0.6) is 0 Å². The van der Waals surface area contributed by atoms with Crippen molar-refractivity contribution in [2.75, 3.05) is 0 Å². The summed E-state index contributed by atoms with van der Waals surface area (Å²) in [6, 6.07) is 0. The minimum atomic E-state index is -0.676. The van der Waals surface area contributed by atoms with Gasteiger partial charge in [0.05, 0.1) is 0 Å². The van der Waals surface area contributed by atoms with Crippen LogP contribution in [0.3, 0.4) is 0 Å². The molecule has 35 heavy (non-hydrogen) atoms. The molecule has 2 fully saturated rings. The molecule has 0 aromatic carbocycles. The van der Waals surface area contributed by atoms with Crippen LogP contribution in [0.1, 0.15) is 125 Å². The Balaban J connectivity index is 2.51. The molecular weight excluding hydrogens is 510 g/mol. The molecule has 0 atom stereocenters. The maximum atomic E-state index is 4.30. The monoisotopic (exact) mass is 567 g/mol. The van der Waals surface area contributed by atoms with Crippen LogP contribution < -0.4 is 15.0 Å². The Kier molecular flexibility index (Phi) is 9.44. The zero-order valence-electron chi connectivity index (χ0n) is 26.1. The van der Waals surface area contributed by atoms with Crippen molar-refractivity contribution >= 4 is 33.5 Å². The van der Waals surface area contributed by atoms with E-state index in [9.17, 15) is 0 Å². The largest absolute Gasteiger partial charge is 0.265 e. The molecule has 2 heterocycles. The van der Waals surface area contributed by atoms with Gasteiger partial charge in [0.25, 0.3) is 0 Å². The average Bonchev–Trinajstić information content (AvgIpc) is 2.42. The molecule has 208 valence electrons. The summed E-state index contributed by atoms with van der Waals surface area (Å²) in [7, 11) is -2.57. The molecule has 11 heteroatoms. The van der Waals surface area contributed by atoms with E-state index in [0.29, 0.717) is 0 Å². The molecule has 0 saturated carbocycles. The molecule has 2 aliphatic heterocycles. The SMILES string of the molecule is CC(C)(C)NP1N(C(C)(C)C)P(NP2N(C(C)(C)C)P(NC(C)(C)C)N2C(C)(C)C)N1C(C)(C)C. The Hall–Kier alpha value is 1.44. The highest BCUT2D eigenvalue weighted by molar-refractivity contribution is 7.89. The molecule has 0 aromatic heterocycles. The first-order valence-corrected chi connectivity index (χ1v) is 17.9. The highest BCUT2D eigenvalue weighted by atomic mass is 31.3. The highest BCUT2D eigenvalue weighted by Crippen LogP contribution is 2.85. The fourth-order valence-electron chi connectivity index (χ4n) is 3.89. The van der Waals surface area contributed by atoms with Gasteiger partial charge >= 0.3 is 0 Å². The minimum Gasteiger partial charge on any atom is -0.265 e. The predicted molar refractivity (Wildman–Crippen MR) is 163 cm³/mol. The Labute approximate surface area is 223 Å². The summed E-state index contributed by atoms with van der Waals surface area (Å²) in [5.41, 5.74) is 0.385. The molecule has 0 radical (unpaired) electrons. The van der Waals surface area contributed by atoms with E-state index in [1.165, 1.54) is 0 Å². The number of nitrogens with zero attached hydrogens (tertiary/aromatic N) is 4. The average molecular weight is 568 g/mol. The van der Waals surface area contributed by atoms with Crippen LogP contribution >= 0.6 is 33.5 Å². The van der Waals surface area contributed by atoms with E-state index in [4.69, 9.17) is 0 Å². The van der Waals surface area contributed by atoms with E-state index in [-0.39, 0.29) is 33.2 Å². The number of hydrogen-bond acceptors (Lipinski definition) is 7. The quantitative estimate of drug-likeness (QED) is 0.294. The van der Waals surface area contributed by atoms with Crippen LogP contribution in [0.4, 0.5) is 0 Å². The van der Waals surface area contributed by atoms with Gasteiger partial charge in [0.15, 0.2) is 0 Å². The third-order valence-electron chi connectivity index (χ3n) is 4.89. The molecule has 0 aliphatic carbocycles. The zero-order chi connectivity index (χ0) is 27.7. The lowest BCUT2D eigenvalue weighted by atomic mass is 10.1. The molecule has 2 rings (SSSR count). The summed E-state index contributed by atoms with van der Waals surface area (Å²) in [6.45, 7) is 42.2. The molecular formula is C24H57N7P4. The molecule has 7 nitrogen and oxygen atoms in total. The van der Waals surface area contributed by atoms with Crippen LogP contribution in [0.25, 0.3) is 0 Å². The lowest BCUT2D eigenvalue weighted by Gasteiger charge is -2.70. The number of hydrogen-bond donors (Lipinski definition) is 3. The molecule has 3 N–H and O–H groups in total. The fourth-order valence-corrected chi connectivity index (χ4v) is 18.1. The number of nitrogens with one attached hydrogen (secondary N) is 3. The van der Waals surface area contributed by atoms with Crippen molar-refractivity contribution in [3.05, 3.63) is 0 Å². The third kappa shape index (κ3) is 7.77. The predicted octanol–water partition coefficient (Wildman–Crippen LogP) is 8.69. The smallest absolute Gasteiger partial charge is 0.135 e. The van der Waals surface area contributed by atoms with Crippen LogP contribution in [0, 0.1) is 0 Å². The molecule has 2 saturated heterocycles. The van der Waals surface area contributed by atoms with Crippen molar-refractivity contribution in [2.24, 2.45) is 0 Å². The van der Waals surface area contributed by atoms with Gasteiger partial charge in [0, 0.05) is 33.2 Å². The minimum absolute atomic E-state index is 0.0573. The first-order valence-electron chi connectivity index (χ1n) is 12.9. The van der Waals surface area contributed by atoms with Gasteiger partial charge in [-0.05, 0) is 125 Å². The highest BCUT2D eigenvalue weighted by Gasteiger charge is 2.63. The van der Waals surface area contributed by atoms with Crippen molar-refractivity contribution in [1.82, 2.24) is 32.8 Å². The van der Waals surface area contributed by atoms with E-state index >= 15 is 0 Å². The lowest BCUT2D eigenvalue weighted by molar-refractivity contribution is 0.259. The van der Waals surface area contributed by atoms with E-state index in [1.807, 2.05) is 0 Å². The molecule has 0 bridgehead atoms. The molecule has 0 spiro atoms. The normalized spacial score (nSPS) is 29.3. The maximum Gasteiger partial charge on any atom is 0.135 e. The van der Waals surface area contributed by atoms with Crippen molar-refractivity contribution < 1.29 is 0 Å². The van der Waals surface area contributed by atoms with Crippen LogP contribution in [0.15, 0.2) is 0 Å². The van der Waals surface area contributed by atoms with Crippen molar-refractivity contribution in [2.45, 2.75) is 158 Å². The first-order chi connectivity index (χ1) is 15.2. The van der Waals surface area contributed by atoms with Gasteiger partial charge in [-0.25, -0.2) is 22.6 Å². The molecule has 0 unspecified atom stereocenters. The summed E-state index contributed by atoms with van der Waals surface area (Å²) >= 11 is 0. The van der Waals surface area contributed by atoms with Crippen molar-refractivity contribution in [3.63, 3.8) is 0 Å². The number of rotatable bonds is 4. The van der Waals surface area contributed by atoms with E-state index in [0.717, 1.165) is 0 Å². The second-order valence-corrected chi connectivity index (χ2v) is 23.8. The Bertz CT molecular complexity index is 632. The second kappa shape index (κ2) is 10.1. The van der Waals surface area contributed by atoms with Crippen molar-refractivity contribution in [3.8, 4) is 0 Å². The Morgan fingerprint density at radius 3 is 0.686 bits per heavy atom. The van der Waals surface area contributed by atoms with Gasteiger partial charge in [0.2, 0.25) is 0 Å². The fraction of sp³-hybridized carbons (Fsp3) is 1.00. The lowest BCUT2D eigenvalue weighted by Crippen LogP contribution is -2.63. The van der Waals surface area contributed by atoms with Gasteiger partial charge < -0.3 is 0 Å². The molecule has 2 aliphatic rings. The Morgan fingerprint density at radius 1 is 0.343 bits per heavy atom. The van der Waals surface area contributed by atoms with E-state index in [2.05, 4.69) is 157 Å². The van der Waals surface area contributed by atoms with E-state index in [1.54, 1.807) is 0 Å². The Morgan fingerprint density at radius 2 is 0.543 bits per heavy atom. The first kappa shape index (κ1) is 32.7. The third-order valence-corrected chi connectivity index (χ3v) is 19.8. The summed E-state index contributed by atoms with van der Waals surface area (Å²) in [6.07, 6.45) is 0. The van der Waals surface area contributed by atoms with Gasteiger partial charge in [-0.2, -0.15) is 0 Å². The van der Waals surface area contributed by atoms with Gasteiger partial charge in [-0.15, -0.1) is 0 Å². The second-order valence-electron chi connectivity index (χ2n) is 15.8. The van der Waals surface area contributed by atoms with Crippen LogP contribution in [0.2, 0.25) is 0 Å². The summed E-state index contributed by atoms with van der Waals surface area (Å²) < 4.78 is 11.0. The molecule has 0 aromatic rings. The maximum absolute atomic E-state index is 4.30. The standard InChI is InChI=1S/C24H57N7P4/c1-19(2,3)25-32-28(21(7,8)9)34(29(32)22(10,11)12)27-35-30(23(13,14)15)33(26-20(4,5)6)31(35)24(16,17)18/h25-27H,1-18H3. The van der Waals surface area contributed by atoms with Crippen LogP contribution in [-0.2, 0) is 0 Å². The summed E-state index contributed by atoms with van der Waals surface area (Å²) in [4.78, 5) is 4.30. The van der Waals surface area contributed by atoms with Gasteiger partial charge in [-0.1, -0.05) is 0 Å². The van der Waals surface area contributed by atoms with Gasteiger partial charge in [0.1, 0.15) is 33.5 Å². The molecule has 0 amide bonds.